The van der Waals surface area contributed by atoms with Gasteiger partial charge < -0.3 is 5.11 Å². The van der Waals surface area contributed by atoms with E-state index in [2.05, 4.69) is 21.4 Å². The van der Waals surface area contributed by atoms with E-state index in [-0.39, 0.29) is 33.0 Å². The molecule has 0 aliphatic rings. The van der Waals surface area contributed by atoms with Crippen LogP contribution < -0.4 is 9.44 Å². The first kappa shape index (κ1) is 41.4. The molecule has 3 rings (SSSR count). The number of alkyl halides is 3. The van der Waals surface area contributed by atoms with Crippen molar-refractivity contribution in [2.45, 2.75) is 108 Å². The summed E-state index contributed by atoms with van der Waals surface area (Å²) in [6.45, 7) is 2.22. The molecule has 0 fully saturated rings. The minimum Gasteiger partial charge on any atom is -0.493 e. The van der Waals surface area contributed by atoms with Gasteiger partial charge in [-0.1, -0.05) is 114 Å². The Kier molecular flexibility index (Phi) is 15.7. The fourth-order valence-corrected chi connectivity index (χ4v) is 8.03. The first-order valence-electron chi connectivity index (χ1n) is 16.6. The van der Waals surface area contributed by atoms with Gasteiger partial charge in [-0.25, -0.2) is 21.8 Å². The standard InChI is InChI=1S/C33H43Cl2F3N4O6S2/c1-2-3-4-5-6-7-8-9-10-11-12-13-14-15-20-49(45,46)40-24-16-18-26(34)28(21-24)41-50(47,48)25-17-19-27(35)30(22-25)42-31(44)29(23-43)39-32(42)33(36,37)38/h16-19,21-23,40-41,44H,2-15,20H2,1H3. The number of hydrogen-bond donors (Lipinski definition) is 3. The zero-order valence-corrected chi connectivity index (χ0v) is 30.9. The van der Waals surface area contributed by atoms with Crippen LogP contribution in [0.15, 0.2) is 41.3 Å². The van der Waals surface area contributed by atoms with Crippen molar-refractivity contribution < 1.29 is 39.9 Å². The first-order chi connectivity index (χ1) is 23.6. The molecule has 0 bridgehead atoms. The predicted octanol–water partition coefficient (Wildman–Crippen LogP) is 9.74. The van der Waals surface area contributed by atoms with Crippen molar-refractivity contribution in [3.05, 3.63) is 58.0 Å². The Labute approximate surface area is 301 Å². The zero-order chi connectivity index (χ0) is 37.0. The van der Waals surface area contributed by atoms with Crippen LogP contribution in [-0.4, -0.2) is 43.5 Å². The minimum atomic E-state index is -5.15. The van der Waals surface area contributed by atoms with E-state index in [1.807, 2.05) is 0 Å². The summed E-state index contributed by atoms with van der Waals surface area (Å²) in [6, 6.07) is 6.51. The van der Waals surface area contributed by atoms with Gasteiger partial charge in [0.2, 0.25) is 21.7 Å². The van der Waals surface area contributed by atoms with Crippen molar-refractivity contribution in [1.82, 2.24) is 9.55 Å². The van der Waals surface area contributed by atoms with E-state index in [1.165, 1.54) is 76.0 Å². The largest absolute Gasteiger partial charge is 0.493 e. The number of aldehydes is 1. The second kappa shape index (κ2) is 19.0. The molecule has 3 aromatic rings. The number of benzene rings is 2. The van der Waals surface area contributed by atoms with Gasteiger partial charge >= 0.3 is 6.18 Å². The number of anilines is 2. The molecule has 50 heavy (non-hydrogen) atoms. The van der Waals surface area contributed by atoms with Gasteiger partial charge in [0, 0.05) is 0 Å². The third-order valence-corrected chi connectivity index (χ3v) is 11.3. The molecule has 0 saturated heterocycles. The van der Waals surface area contributed by atoms with Crippen LogP contribution in [0, 0.1) is 0 Å². The average molecular weight is 784 g/mol. The Hall–Kier alpha value is -3.01. The van der Waals surface area contributed by atoms with E-state index in [4.69, 9.17) is 23.2 Å². The summed E-state index contributed by atoms with van der Waals surface area (Å²) in [5, 5.41) is 9.78. The molecule has 0 unspecified atom stereocenters. The van der Waals surface area contributed by atoms with E-state index >= 15 is 0 Å². The highest BCUT2D eigenvalue weighted by Crippen LogP contribution is 2.38. The van der Waals surface area contributed by atoms with Gasteiger partial charge in [-0.05, 0) is 42.8 Å². The number of carbonyl (C=O) groups is 1. The number of halogens is 5. The third kappa shape index (κ3) is 12.3. The number of imidazole rings is 1. The number of nitrogens with zero attached hydrogens (tertiary/aromatic N) is 2. The number of nitrogens with one attached hydrogen (secondary N) is 2. The van der Waals surface area contributed by atoms with Crippen LogP contribution in [0.25, 0.3) is 5.69 Å². The van der Waals surface area contributed by atoms with Gasteiger partial charge in [0.15, 0.2) is 12.0 Å². The number of sulfonamides is 2. The van der Waals surface area contributed by atoms with E-state index in [0.29, 0.717) is 6.42 Å². The van der Waals surface area contributed by atoms with Crippen LogP contribution in [0.1, 0.15) is 113 Å². The topological polar surface area (TPSA) is 147 Å². The lowest BCUT2D eigenvalue weighted by molar-refractivity contribution is -0.146. The molecule has 10 nitrogen and oxygen atoms in total. The SMILES string of the molecule is CCCCCCCCCCCCCCCCS(=O)(=O)Nc1ccc(Cl)c(NS(=O)(=O)c2ccc(Cl)c(-n3c(C(F)(F)F)nc(C=O)c3O)c2)c1. The number of aromatic hydroxyl groups is 1. The molecular weight excluding hydrogens is 740 g/mol. The molecule has 0 amide bonds. The number of unbranched alkanes of at least 4 members (excludes halogenated alkanes) is 13. The third-order valence-electron chi connectivity index (χ3n) is 7.96. The summed E-state index contributed by atoms with van der Waals surface area (Å²) in [5.74, 6) is -3.04. The van der Waals surface area contributed by atoms with Gasteiger partial charge in [0.25, 0.3) is 10.0 Å². The van der Waals surface area contributed by atoms with E-state index in [1.54, 1.807) is 0 Å². The lowest BCUT2D eigenvalue weighted by atomic mass is 10.0. The Balaban J connectivity index is 1.58. The highest BCUT2D eigenvalue weighted by atomic mass is 35.5. The number of hydrogen-bond acceptors (Lipinski definition) is 7. The molecule has 0 saturated carbocycles. The summed E-state index contributed by atoms with van der Waals surface area (Å²) in [5.41, 5.74) is -1.75. The fourth-order valence-electron chi connectivity index (χ4n) is 5.35. The lowest BCUT2D eigenvalue weighted by Crippen LogP contribution is -2.18. The van der Waals surface area contributed by atoms with Crippen molar-refractivity contribution in [2.75, 3.05) is 15.2 Å². The predicted molar refractivity (Wildman–Crippen MR) is 191 cm³/mol. The lowest BCUT2D eigenvalue weighted by Gasteiger charge is -2.16. The first-order valence-corrected chi connectivity index (χ1v) is 20.5. The average Bonchev–Trinajstić information content (AvgIpc) is 3.39. The van der Waals surface area contributed by atoms with Crippen molar-refractivity contribution in [2.24, 2.45) is 0 Å². The summed E-state index contributed by atoms with van der Waals surface area (Å²) in [6.07, 6.45) is 10.6. The molecule has 0 atom stereocenters. The van der Waals surface area contributed by atoms with Crippen LogP contribution >= 0.6 is 23.2 Å². The van der Waals surface area contributed by atoms with Crippen molar-refractivity contribution in [3.8, 4) is 11.6 Å². The molecule has 17 heteroatoms. The van der Waals surface area contributed by atoms with Crippen molar-refractivity contribution >= 4 is 60.9 Å². The minimum absolute atomic E-state index is 0.0359. The molecule has 3 N–H and O–H groups in total. The summed E-state index contributed by atoms with van der Waals surface area (Å²) < 4.78 is 97.9. The van der Waals surface area contributed by atoms with Gasteiger partial charge in [0.05, 0.1) is 37.8 Å². The summed E-state index contributed by atoms with van der Waals surface area (Å²) >= 11 is 12.3. The second-order valence-electron chi connectivity index (χ2n) is 12.0. The summed E-state index contributed by atoms with van der Waals surface area (Å²) in [7, 11) is -8.35. The Morgan fingerprint density at radius 1 is 0.800 bits per heavy atom. The monoisotopic (exact) mass is 782 g/mol. The Bertz CT molecular complexity index is 1800. The molecule has 0 radical (unpaired) electrons. The van der Waals surface area contributed by atoms with Gasteiger partial charge in [-0.15, -0.1) is 0 Å². The normalized spacial score (nSPS) is 12.3. The molecular formula is C33H43Cl2F3N4O6S2. The maximum absolute atomic E-state index is 13.7. The maximum Gasteiger partial charge on any atom is 0.450 e. The molecule has 0 aliphatic carbocycles. The van der Waals surface area contributed by atoms with Gasteiger partial charge in [-0.3, -0.25) is 18.8 Å². The molecule has 2 aromatic carbocycles. The fraction of sp³-hybridized carbons (Fsp3) is 0.515. The van der Waals surface area contributed by atoms with Crippen LogP contribution in [0.4, 0.5) is 24.5 Å². The van der Waals surface area contributed by atoms with Crippen LogP contribution in [0.5, 0.6) is 5.88 Å². The summed E-state index contributed by atoms with van der Waals surface area (Å²) in [4.78, 5) is 13.7. The number of rotatable bonds is 22. The van der Waals surface area contributed by atoms with Gasteiger partial charge in [0.1, 0.15) is 0 Å². The highest BCUT2D eigenvalue weighted by molar-refractivity contribution is 7.93. The smallest absolute Gasteiger partial charge is 0.450 e. The van der Waals surface area contributed by atoms with Crippen molar-refractivity contribution in [1.29, 1.82) is 0 Å². The number of aromatic nitrogens is 2. The van der Waals surface area contributed by atoms with Crippen LogP contribution in [0.3, 0.4) is 0 Å². The molecule has 0 aliphatic heterocycles. The quantitative estimate of drug-likeness (QED) is 0.0679. The van der Waals surface area contributed by atoms with Crippen LogP contribution in [0.2, 0.25) is 10.0 Å². The maximum atomic E-state index is 13.7. The zero-order valence-electron chi connectivity index (χ0n) is 27.7. The Morgan fingerprint density at radius 2 is 1.34 bits per heavy atom. The van der Waals surface area contributed by atoms with E-state index in [9.17, 15) is 39.9 Å². The van der Waals surface area contributed by atoms with Crippen molar-refractivity contribution in [3.63, 3.8) is 0 Å². The molecule has 1 aromatic heterocycles. The van der Waals surface area contributed by atoms with Crippen LogP contribution in [-0.2, 0) is 26.2 Å². The second-order valence-corrected chi connectivity index (χ2v) is 16.4. The Morgan fingerprint density at radius 3 is 1.88 bits per heavy atom. The van der Waals surface area contributed by atoms with Gasteiger partial charge in [-0.2, -0.15) is 13.2 Å². The highest BCUT2D eigenvalue weighted by Gasteiger charge is 2.40. The molecule has 278 valence electrons. The molecule has 0 spiro atoms. The number of carbonyl (C=O) groups excluding carboxylic acids is 1. The van der Waals surface area contributed by atoms with E-state index in [0.717, 1.165) is 43.9 Å². The molecule has 1 heterocycles. The van der Waals surface area contributed by atoms with E-state index < -0.39 is 59.2 Å².